The zero-order chi connectivity index (χ0) is 15.9. The van der Waals surface area contributed by atoms with Crippen molar-refractivity contribution in [3.8, 4) is 5.75 Å². The predicted molar refractivity (Wildman–Crippen MR) is 77.7 cm³/mol. The van der Waals surface area contributed by atoms with Gasteiger partial charge in [0, 0.05) is 0 Å². The molecular formula is C15H12F2N2O3. The molecule has 0 unspecified atom stereocenters. The molecule has 2 N–H and O–H groups in total. The lowest BCUT2D eigenvalue weighted by molar-refractivity contribution is -0.0498. The second kappa shape index (κ2) is 7.16. The van der Waals surface area contributed by atoms with Crippen molar-refractivity contribution in [1.82, 2.24) is 0 Å². The molecule has 0 aromatic heterocycles. The Hall–Kier alpha value is -2.96. The molecule has 22 heavy (non-hydrogen) atoms. The number of nitrogens with one attached hydrogen (secondary N) is 1. The number of halogens is 2. The number of hydrogen-bond donors (Lipinski definition) is 2. The van der Waals surface area contributed by atoms with Gasteiger partial charge in [0.15, 0.2) is 0 Å². The van der Waals surface area contributed by atoms with E-state index in [1.807, 2.05) is 0 Å². The van der Waals surface area contributed by atoms with Gasteiger partial charge >= 0.3 is 12.6 Å². The highest BCUT2D eigenvalue weighted by Gasteiger charge is 2.03. The molecule has 0 radical (unpaired) electrons. The van der Waals surface area contributed by atoms with Gasteiger partial charge in [0.2, 0.25) is 0 Å². The molecule has 0 heterocycles. The number of aromatic carboxylic acids is 1. The number of hydrazone groups is 1. The van der Waals surface area contributed by atoms with Gasteiger partial charge in [-0.1, -0.05) is 0 Å². The molecule has 0 bridgehead atoms. The van der Waals surface area contributed by atoms with Crippen molar-refractivity contribution in [2.24, 2.45) is 5.10 Å². The number of rotatable bonds is 6. The van der Waals surface area contributed by atoms with Gasteiger partial charge in [-0.3, -0.25) is 5.43 Å². The Kier molecular flexibility index (Phi) is 5.02. The van der Waals surface area contributed by atoms with E-state index >= 15 is 0 Å². The molecule has 0 aliphatic rings. The van der Waals surface area contributed by atoms with Crippen molar-refractivity contribution in [2.75, 3.05) is 5.43 Å². The maximum absolute atomic E-state index is 12.0. The van der Waals surface area contributed by atoms with Crippen LogP contribution in [0.2, 0.25) is 0 Å². The monoisotopic (exact) mass is 306 g/mol. The van der Waals surface area contributed by atoms with Gasteiger partial charge in [-0.25, -0.2) is 4.79 Å². The van der Waals surface area contributed by atoms with E-state index in [0.29, 0.717) is 11.3 Å². The number of hydrogen-bond acceptors (Lipinski definition) is 4. The largest absolute Gasteiger partial charge is 0.478 e. The first kappa shape index (κ1) is 15.4. The average Bonchev–Trinajstić information content (AvgIpc) is 2.49. The Labute approximate surface area is 124 Å². The van der Waals surface area contributed by atoms with Crippen molar-refractivity contribution in [2.45, 2.75) is 6.61 Å². The van der Waals surface area contributed by atoms with E-state index in [1.54, 1.807) is 24.3 Å². The number of carboxylic acids is 1. The van der Waals surface area contributed by atoms with Crippen LogP contribution in [0.1, 0.15) is 15.9 Å². The summed E-state index contributed by atoms with van der Waals surface area (Å²) in [6, 6.07) is 12.1. The molecule has 2 aromatic rings. The first-order chi connectivity index (χ1) is 10.5. The fourth-order valence-corrected chi connectivity index (χ4v) is 1.60. The van der Waals surface area contributed by atoms with Crippen molar-refractivity contribution in [3.05, 3.63) is 59.7 Å². The topological polar surface area (TPSA) is 70.9 Å². The molecule has 0 spiro atoms. The minimum Gasteiger partial charge on any atom is -0.478 e. The smallest absolute Gasteiger partial charge is 0.387 e. The van der Waals surface area contributed by atoms with Crippen LogP contribution in [-0.4, -0.2) is 23.9 Å². The standard InChI is InChI=1S/C15H12F2N2O3/c16-15(17)22-13-7-1-10(2-8-13)9-18-19-12-5-3-11(4-6-12)14(20)21/h1-9,15,19H,(H,20,21)/b18-9+. The summed E-state index contributed by atoms with van der Waals surface area (Å²) in [7, 11) is 0. The van der Waals surface area contributed by atoms with Crippen molar-refractivity contribution in [1.29, 1.82) is 0 Å². The van der Waals surface area contributed by atoms with Crippen LogP contribution in [-0.2, 0) is 0 Å². The van der Waals surface area contributed by atoms with E-state index in [-0.39, 0.29) is 11.3 Å². The SMILES string of the molecule is O=C(O)c1ccc(N/N=C/c2ccc(OC(F)F)cc2)cc1. The van der Waals surface area contributed by atoms with Crippen LogP contribution in [0.4, 0.5) is 14.5 Å². The van der Waals surface area contributed by atoms with Crippen LogP contribution in [0.15, 0.2) is 53.6 Å². The van der Waals surface area contributed by atoms with Gasteiger partial charge in [-0.15, -0.1) is 0 Å². The lowest BCUT2D eigenvalue weighted by Crippen LogP contribution is -2.01. The van der Waals surface area contributed by atoms with Gasteiger partial charge in [0.05, 0.1) is 17.5 Å². The van der Waals surface area contributed by atoms with E-state index in [1.165, 1.54) is 30.5 Å². The maximum atomic E-state index is 12.0. The molecule has 0 aliphatic carbocycles. The van der Waals surface area contributed by atoms with Crippen molar-refractivity contribution in [3.63, 3.8) is 0 Å². The number of carbonyl (C=O) groups is 1. The minimum atomic E-state index is -2.85. The Morgan fingerprint density at radius 2 is 1.77 bits per heavy atom. The van der Waals surface area contributed by atoms with Gasteiger partial charge in [0.1, 0.15) is 5.75 Å². The zero-order valence-electron chi connectivity index (χ0n) is 11.2. The summed E-state index contributed by atoms with van der Waals surface area (Å²) in [5.41, 5.74) is 4.23. The van der Waals surface area contributed by atoms with Crippen LogP contribution in [0.5, 0.6) is 5.75 Å². The lowest BCUT2D eigenvalue weighted by Gasteiger charge is -2.04. The Morgan fingerprint density at radius 1 is 1.14 bits per heavy atom. The Bertz CT molecular complexity index is 655. The maximum Gasteiger partial charge on any atom is 0.387 e. The van der Waals surface area contributed by atoms with Gasteiger partial charge in [0.25, 0.3) is 0 Å². The van der Waals surface area contributed by atoms with E-state index < -0.39 is 12.6 Å². The third kappa shape index (κ3) is 4.55. The second-order valence-corrected chi connectivity index (χ2v) is 4.20. The summed E-state index contributed by atoms with van der Waals surface area (Å²) in [4.78, 5) is 10.7. The molecule has 0 fully saturated rings. The van der Waals surface area contributed by atoms with Gasteiger partial charge in [-0.2, -0.15) is 13.9 Å². The first-order valence-electron chi connectivity index (χ1n) is 6.22. The van der Waals surface area contributed by atoms with Crippen LogP contribution < -0.4 is 10.2 Å². The Balaban J connectivity index is 1.93. The fraction of sp³-hybridized carbons (Fsp3) is 0.0667. The van der Waals surface area contributed by atoms with Crippen molar-refractivity contribution >= 4 is 17.9 Å². The number of nitrogens with zero attached hydrogens (tertiary/aromatic N) is 1. The van der Waals surface area contributed by atoms with E-state index in [4.69, 9.17) is 5.11 Å². The quantitative estimate of drug-likeness (QED) is 0.633. The molecule has 0 saturated carbocycles. The molecule has 114 valence electrons. The summed E-state index contributed by atoms with van der Waals surface area (Å²) in [6.45, 7) is -2.85. The second-order valence-electron chi connectivity index (χ2n) is 4.20. The molecule has 5 nitrogen and oxygen atoms in total. The molecule has 2 aromatic carbocycles. The first-order valence-corrected chi connectivity index (χ1v) is 6.22. The highest BCUT2D eigenvalue weighted by atomic mass is 19.3. The van der Waals surface area contributed by atoms with Crippen LogP contribution in [0, 0.1) is 0 Å². The summed E-state index contributed by atoms with van der Waals surface area (Å²) in [6.07, 6.45) is 1.50. The number of alkyl halides is 2. The predicted octanol–water partition coefficient (Wildman–Crippen LogP) is 3.43. The van der Waals surface area contributed by atoms with Crippen LogP contribution >= 0.6 is 0 Å². The summed E-state index contributed by atoms with van der Waals surface area (Å²) in [5.74, 6) is -0.925. The molecule has 0 amide bonds. The highest BCUT2D eigenvalue weighted by molar-refractivity contribution is 5.88. The van der Waals surface area contributed by atoms with Gasteiger partial charge < -0.3 is 9.84 Å². The molecule has 7 heteroatoms. The molecule has 2 rings (SSSR count). The molecule has 0 atom stereocenters. The summed E-state index contributed by atoms with van der Waals surface area (Å²) < 4.78 is 28.2. The molecular weight excluding hydrogens is 294 g/mol. The van der Waals surface area contributed by atoms with Crippen LogP contribution in [0.25, 0.3) is 0 Å². The highest BCUT2D eigenvalue weighted by Crippen LogP contribution is 2.14. The van der Waals surface area contributed by atoms with E-state index in [2.05, 4.69) is 15.3 Å². The molecule has 0 saturated heterocycles. The minimum absolute atomic E-state index is 0.0735. The number of anilines is 1. The van der Waals surface area contributed by atoms with E-state index in [9.17, 15) is 13.6 Å². The zero-order valence-corrected chi connectivity index (χ0v) is 11.2. The lowest BCUT2D eigenvalue weighted by atomic mass is 10.2. The number of ether oxygens (including phenoxy) is 1. The van der Waals surface area contributed by atoms with E-state index in [0.717, 1.165) is 0 Å². The Morgan fingerprint density at radius 3 is 2.32 bits per heavy atom. The fourth-order valence-electron chi connectivity index (χ4n) is 1.60. The number of benzene rings is 2. The average molecular weight is 306 g/mol. The third-order valence-corrected chi connectivity index (χ3v) is 2.64. The van der Waals surface area contributed by atoms with Crippen LogP contribution in [0.3, 0.4) is 0 Å². The third-order valence-electron chi connectivity index (χ3n) is 2.64. The normalized spacial score (nSPS) is 10.9. The summed E-state index contributed by atoms with van der Waals surface area (Å²) in [5, 5.41) is 12.7. The molecule has 0 aliphatic heterocycles. The van der Waals surface area contributed by atoms with Gasteiger partial charge in [-0.05, 0) is 54.1 Å². The summed E-state index contributed by atoms with van der Waals surface area (Å²) >= 11 is 0. The number of carboxylic acid groups (broad SMARTS) is 1. The van der Waals surface area contributed by atoms with Crippen molar-refractivity contribution < 1.29 is 23.4 Å².